The van der Waals surface area contributed by atoms with Gasteiger partial charge in [0.2, 0.25) is 5.91 Å². The molecular weight excluding hydrogens is 282 g/mol. The first kappa shape index (κ1) is 15.7. The number of aryl methyl sites for hydroxylation is 1. The number of benzene rings is 1. The number of rotatable bonds is 5. The summed E-state index contributed by atoms with van der Waals surface area (Å²) in [6, 6.07) is 8.10. The molecule has 0 radical (unpaired) electrons. The van der Waals surface area contributed by atoms with Crippen LogP contribution in [0.3, 0.4) is 0 Å². The Morgan fingerprint density at radius 2 is 2.14 bits per heavy atom. The van der Waals surface area contributed by atoms with Gasteiger partial charge in [0.25, 0.3) is 0 Å². The van der Waals surface area contributed by atoms with Gasteiger partial charge < -0.3 is 5.32 Å². The quantitative estimate of drug-likeness (QED) is 0.923. The third-order valence-electron chi connectivity index (χ3n) is 3.62. The van der Waals surface area contributed by atoms with Crippen molar-refractivity contribution in [3.63, 3.8) is 0 Å². The molecule has 0 aliphatic rings. The Labute approximate surface area is 129 Å². The van der Waals surface area contributed by atoms with Crippen LogP contribution in [0.15, 0.2) is 30.5 Å². The SMILES string of the molecule is CNC(=O)[C@@H](C)N(C)Cc1cnc(-c2ccccc2C)s1. The molecule has 21 heavy (non-hydrogen) atoms. The molecule has 1 aromatic heterocycles. The van der Waals surface area contributed by atoms with Crippen LogP contribution in [0.2, 0.25) is 0 Å². The molecule has 0 saturated heterocycles. The zero-order valence-corrected chi connectivity index (χ0v) is 13.7. The van der Waals surface area contributed by atoms with Crippen molar-refractivity contribution in [2.75, 3.05) is 14.1 Å². The minimum atomic E-state index is -0.154. The number of hydrogen-bond donors (Lipinski definition) is 1. The molecule has 0 aliphatic heterocycles. The predicted molar refractivity (Wildman–Crippen MR) is 87.3 cm³/mol. The summed E-state index contributed by atoms with van der Waals surface area (Å²) in [6.07, 6.45) is 1.90. The fraction of sp³-hybridized carbons (Fsp3) is 0.375. The molecule has 1 atom stereocenters. The van der Waals surface area contributed by atoms with Crippen LogP contribution in [-0.4, -0.2) is 35.9 Å². The molecule has 0 saturated carbocycles. The second kappa shape index (κ2) is 6.83. The summed E-state index contributed by atoms with van der Waals surface area (Å²) in [6.45, 7) is 4.72. The average molecular weight is 303 g/mol. The molecule has 0 unspecified atom stereocenters. The highest BCUT2D eigenvalue weighted by Gasteiger charge is 2.17. The molecule has 0 spiro atoms. The Balaban J connectivity index is 2.11. The molecule has 1 aromatic carbocycles. The molecule has 0 bridgehead atoms. The maximum absolute atomic E-state index is 11.6. The van der Waals surface area contributed by atoms with E-state index in [-0.39, 0.29) is 11.9 Å². The van der Waals surface area contributed by atoms with Crippen LogP contribution in [0, 0.1) is 6.92 Å². The summed E-state index contributed by atoms with van der Waals surface area (Å²) in [5.74, 6) is 0.0288. The number of aromatic nitrogens is 1. The van der Waals surface area contributed by atoms with Crippen molar-refractivity contribution in [2.24, 2.45) is 0 Å². The fourth-order valence-electron chi connectivity index (χ4n) is 2.11. The minimum Gasteiger partial charge on any atom is -0.358 e. The topological polar surface area (TPSA) is 45.2 Å². The average Bonchev–Trinajstić information content (AvgIpc) is 2.94. The second-order valence-corrected chi connectivity index (χ2v) is 6.27. The van der Waals surface area contributed by atoms with Gasteiger partial charge in [-0.15, -0.1) is 11.3 Å². The lowest BCUT2D eigenvalue weighted by Gasteiger charge is -2.22. The Morgan fingerprint density at radius 1 is 1.43 bits per heavy atom. The third kappa shape index (κ3) is 3.68. The molecule has 1 heterocycles. The zero-order chi connectivity index (χ0) is 15.4. The molecule has 0 fully saturated rings. The van der Waals surface area contributed by atoms with Gasteiger partial charge in [0.05, 0.1) is 6.04 Å². The lowest BCUT2D eigenvalue weighted by atomic mass is 10.1. The highest BCUT2D eigenvalue weighted by atomic mass is 32.1. The van der Waals surface area contributed by atoms with Crippen LogP contribution < -0.4 is 5.32 Å². The van der Waals surface area contributed by atoms with Gasteiger partial charge in [-0.2, -0.15) is 0 Å². The highest BCUT2D eigenvalue weighted by Crippen LogP contribution is 2.28. The van der Waals surface area contributed by atoms with Gasteiger partial charge in [-0.3, -0.25) is 9.69 Å². The van der Waals surface area contributed by atoms with Crippen LogP contribution in [-0.2, 0) is 11.3 Å². The molecule has 5 heteroatoms. The van der Waals surface area contributed by atoms with Gasteiger partial charge in [-0.1, -0.05) is 24.3 Å². The van der Waals surface area contributed by atoms with E-state index < -0.39 is 0 Å². The zero-order valence-electron chi connectivity index (χ0n) is 12.9. The van der Waals surface area contributed by atoms with Crippen molar-refractivity contribution in [3.8, 4) is 10.6 Å². The normalized spacial score (nSPS) is 12.4. The van der Waals surface area contributed by atoms with E-state index in [1.807, 2.05) is 37.2 Å². The van der Waals surface area contributed by atoms with E-state index in [4.69, 9.17) is 0 Å². The van der Waals surface area contributed by atoms with E-state index in [0.29, 0.717) is 0 Å². The molecule has 4 nitrogen and oxygen atoms in total. The van der Waals surface area contributed by atoms with Crippen LogP contribution in [0.4, 0.5) is 0 Å². The van der Waals surface area contributed by atoms with Crippen LogP contribution in [0.25, 0.3) is 10.6 Å². The van der Waals surface area contributed by atoms with Crippen molar-refractivity contribution < 1.29 is 4.79 Å². The van der Waals surface area contributed by atoms with Crippen molar-refractivity contribution in [1.29, 1.82) is 0 Å². The van der Waals surface area contributed by atoms with E-state index in [2.05, 4.69) is 29.4 Å². The van der Waals surface area contributed by atoms with Gasteiger partial charge in [0, 0.05) is 30.2 Å². The molecule has 2 rings (SSSR count). The largest absolute Gasteiger partial charge is 0.358 e. The molecule has 1 amide bonds. The van der Waals surface area contributed by atoms with E-state index in [0.717, 1.165) is 16.4 Å². The lowest BCUT2D eigenvalue weighted by molar-refractivity contribution is -0.125. The first-order chi connectivity index (χ1) is 10.0. The standard InChI is InChI=1S/C16H21N3OS/c1-11-7-5-6-8-14(11)16-18-9-13(21-16)10-19(4)12(2)15(20)17-3/h5-9,12H,10H2,1-4H3,(H,17,20)/t12-/m1/s1. The number of nitrogens with zero attached hydrogens (tertiary/aromatic N) is 2. The second-order valence-electron chi connectivity index (χ2n) is 5.15. The van der Waals surface area contributed by atoms with E-state index in [1.165, 1.54) is 11.1 Å². The predicted octanol–water partition coefficient (Wildman–Crippen LogP) is 2.68. The Morgan fingerprint density at radius 3 is 2.81 bits per heavy atom. The lowest BCUT2D eigenvalue weighted by Crippen LogP contribution is -2.41. The van der Waals surface area contributed by atoms with E-state index in [9.17, 15) is 4.79 Å². The fourth-order valence-corrected chi connectivity index (χ4v) is 3.18. The maximum atomic E-state index is 11.6. The summed E-state index contributed by atoms with van der Waals surface area (Å²) < 4.78 is 0. The summed E-state index contributed by atoms with van der Waals surface area (Å²) in [5, 5.41) is 3.71. The highest BCUT2D eigenvalue weighted by molar-refractivity contribution is 7.15. The van der Waals surface area contributed by atoms with Crippen LogP contribution in [0.5, 0.6) is 0 Å². The summed E-state index contributed by atoms with van der Waals surface area (Å²) in [7, 11) is 3.61. The molecule has 112 valence electrons. The maximum Gasteiger partial charge on any atom is 0.236 e. The number of carbonyl (C=O) groups is 1. The minimum absolute atomic E-state index is 0.0288. The number of thiazole rings is 1. The smallest absolute Gasteiger partial charge is 0.236 e. The van der Waals surface area contributed by atoms with Gasteiger partial charge in [-0.25, -0.2) is 4.98 Å². The molecular formula is C16H21N3OS. The summed E-state index contributed by atoms with van der Waals surface area (Å²) in [5.41, 5.74) is 2.40. The molecule has 1 N–H and O–H groups in total. The first-order valence-electron chi connectivity index (χ1n) is 6.95. The van der Waals surface area contributed by atoms with Crippen molar-refractivity contribution in [3.05, 3.63) is 40.9 Å². The third-order valence-corrected chi connectivity index (χ3v) is 4.64. The number of amides is 1. The summed E-state index contributed by atoms with van der Waals surface area (Å²) in [4.78, 5) is 19.3. The van der Waals surface area contributed by atoms with Crippen molar-refractivity contribution >= 4 is 17.2 Å². The van der Waals surface area contributed by atoms with E-state index in [1.54, 1.807) is 18.4 Å². The van der Waals surface area contributed by atoms with E-state index >= 15 is 0 Å². The van der Waals surface area contributed by atoms with Crippen LogP contribution in [0.1, 0.15) is 17.4 Å². The first-order valence-corrected chi connectivity index (χ1v) is 7.77. The van der Waals surface area contributed by atoms with Crippen LogP contribution >= 0.6 is 11.3 Å². The van der Waals surface area contributed by atoms with Crippen molar-refractivity contribution in [1.82, 2.24) is 15.2 Å². The van der Waals surface area contributed by atoms with Crippen molar-refractivity contribution in [2.45, 2.75) is 26.4 Å². The Hall–Kier alpha value is -1.72. The number of likely N-dealkylation sites (N-methyl/N-ethyl adjacent to an activating group) is 2. The van der Waals surface area contributed by atoms with Gasteiger partial charge in [-0.05, 0) is 26.5 Å². The van der Waals surface area contributed by atoms with Gasteiger partial charge >= 0.3 is 0 Å². The monoisotopic (exact) mass is 303 g/mol. The number of carbonyl (C=O) groups excluding carboxylic acids is 1. The number of nitrogens with one attached hydrogen (secondary N) is 1. The Bertz CT molecular complexity index is 623. The number of hydrogen-bond acceptors (Lipinski definition) is 4. The summed E-state index contributed by atoms with van der Waals surface area (Å²) >= 11 is 1.68. The molecule has 2 aromatic rings. The molecule has 0 aliphatic carbocycles. The van der Waals surface area contributed by atoms with Gasteiger partial charge in [0.1, 0.15) is 5.01 Å². The van der Waals surface area contributed by atoms with Gasteiger partial charge in [0.15, 0.2) is 0 Å². The Kier molecular flexibility index (Phi) is 5.09.